The maximum atomic E-state index is 13.2. The molecule has 0 unspecified atom stereocenters. The number of rotatable bonds is 3. The summed E-state index contributed by atoms with van der Waals surface area (Å²) in [6, 6.07) is 1.52. The van der Waals surface area contributed by atoms with Crippen LogP contribution in [0.4, 0.5) is 0 Å². The Hall–Kier alpha value is -2.28. The Morgan fingerprint density at radius 2 is 2.14 bits per heavy atom. The van der Waals surface area contributed by atoms with Gasteiger partial charge in [-0.3, -0.25) is 14.4 Å². The van der Waals surface area contributed by atoms with E-state index in [-0.39, 0.29) is 28.6 Å². The third-order valence-electron chi connectivity index (χ3n) is 5.94. The quantitative estimate of drug-likeness (QED) is 0.834. The van der Waals surface area contributed by atoms with E-state index in [1.54, 1.807) is 16.2 Å². The van der Waals surface area contributed by atoms with Crippen molar-refractivity contribution < 1.29 is 9.59 Å². The van der Waals surface area contributed by atoms with Crippen molar-refractivity contribution >= 4 is 23.0 Å². The first kappa shape index (κ1) is 20.0. The molecule has 0 radical (unpaired) electrons. The number of hydrogen-bond donors (Lipinski definition) is 1. The van der Waals surface area contributed by atoms with E-state index in [9.17, 15) is 14.4 Å². The standard InChI is InChI=1S/C22H27N3O3S/c1-4-14-12-29-20(23-14)13-6-5-7-25(11-13)21(28)16-8-15-17(24-19(16)27)9-22(2,3)10-18(15)26/h8,12-13H,4-7,9-11H2,1-3H3,(H,24,27)/t13-/m0/s1. The summed E-state index contributed by atoms with van der Waals surface area (Å²) in [6.07, 6.45) is 3.84. The molecule has 1 fully saturated rings. The van der Waals surface area contributed by atoms with E-state index < -0.39 is 5.56 Å². The van der Waals surface area contributed by atoms with Crippen molar-refractivity contribution in [3.63, 3.8) is 0 Å². The topological polar surface area (TPSA) is 83.1 Å². The van der Waals surface area contributed by atoms with E-state index in [1.165, 1.54) is 6.07 Å². The van der Waals surface area contributed by atoms with Crippen LogP contribution in [-0.4, -0.2) is 39.6 Å². The number of hydrogen-bond acceptors (Lipinski definition) is 5. The van der Waals surface area contributed by atoms with E-state index in [0.29, 0.717) is 37.2 Å². The molecule has 0 aromatic carbocycles. The summed E-state index contributed by atoms with van der Waals surface area (Å²) in [7, 11) is 0. The first-order valence-electron chi connectivity index (χ1n) is 10.3. The number of aryl methyl sites for hydroxylation is 1. The summed E-state index contributed by atoms with van der Waals surface area (Å²) in [4.78, 5) is 47.6. The number of likely N-dealkylation sites (tertiary alicyclic amines) is 1. The molecule has 29 heavy (non-hydrogen) atoms. The van der Waals surface area contributed by atoms with E-state index >= 15 is 0 Å². The second kappa shape index (κ2) is 7.52. The number of Topliss-reactive ketones (excluding diaryl/α,β-unsaturated/α-hetero) is 1. The van der Waals surface area contributed by atoms with Gasteiger partial charge in [0.15, 0.2) is 5.78 Å². The molecule has 0 spiro atoms. The average Bonchev–Trinajstić information content (AvgIpc) is 3.15. The minimum atomic E-state index is -0.399. The highest BCUT2D eigenvalue weighted by molar-refractivity contribution is 7.09. The number of aromatic amines is 1. The van der Waals surface area contributed by atoms with Crippen molar-refractivity contribution in [2.45, 2.75) is 58.8 Å². The molecule has 3 heterocycles. The zero-order chi connectivity index (χ0) is 20.8. The number of nitrogens with one attached hydrogen (secondary N) is 1. The van der Waals surface area contributed by atoms with Crippen molar-refractivity contribution in [1.82, 2.24) is 14.9 Å². The molecule has 2 aromatic rings. The van der Waals surface area contributed by atoms with Gasteiger partial charge >= 0.3 is 0 Å². The molecule has 1 aliphatic heterocycles. The average molecular weight is 414 g/mol. The van der Waals surface area contributed by atoms with Crippen molar-refractivity contribution in [2.24, 2.45) is 5.41 Å². The van der Waals surface area contributed by atoms with E-state index in [4.69, 9.17) is 0 Å². The molecule has 1 N–H and O–H groups in total. The van der Waals surface area contributed by atoms with Crippen LogP contribution in [0, 0.1) is 5.41 Å². The predicted molar refractivity (Wildman–Crippen MR) is 113 cm³/mol. The lowest BCUT2D eigenvalue weighted by atomic mass is 9.75. The van der Waals surface area contributed by atoms with Crippen molar-refractivity contribution in [3.8, 4) is 0 Å². The van der Waals surface area contributed by atoms with Crippen molar-refractivity contribution in [3.05, 3.63) is 49.3 Å². The fourth-order valence-electron chi connectivity index (χ4n) is 4.39. The highest BCUT2D eigenvalue weighted by Gasteiger charge is 2.34. The molecular weight excluding hydrogens is 386 g/mol. The summed E-state index contributed by atoms with van der Waals surface area (Å²) >= 11 is 1.65. The molecule has 0 bridgehead atoms. The molecule has 2 aliphatic rings. The Balaban J connectivity index is 1.59. The number of piperidine rings is 1. The van der Waals surface area contributed by atoms with Crippen LogP contribution in [0.2, 0.25) is 0 Å². The molecular formula is C22H27N3O3S. The number of nitrogens with zero attached hydrogens (tertiary/aromatic N) is 2. The highest BCUT2D eigenvalue weighted by Crippen LogP contribution is 2.34. The molecule has 6 nitrogen and oxygen atoms in total. The first-order chi connectivity index (χ1) is 13.8. The van der Waals surface area contributed by atoms with Crippen LogP contribution in [0.15, 0.2) is 16.2 Å². The SMILES string of the molecule is CCc1csc([C@H]2CCCN(C(=O)c3cc4c([nH]c3=O)CC(C)(C)CC4=O)C2)n1. The summed E-state index contributed by atoms with van der Waals surface area (Å²) in [5, 5.41) is 3.15. The zero-order valence-electron chi connectivity index (χ0n) is 17.2. The number of amides is 1. The van der Waals surface area contributed by atoms with Gasteiger partial charge in [0.2, 0.25) is 0 Å². The molecule has 4 rings (SSSR count). The minimum Gasteiger partial charge on any atom is -0.338 e. The molecule has 1 saturated heterocycles. The van der Waals surface area contributed by atoms with Gasteiger partial charge in [-0.25, -0.2) is 4.98 Å². The van der Waals surface area contributed by atoms with Crippen LogP contribution in [0.3, 0.4) is 0 Å². The van der Waals surface area contributed by atoms with Crippen LogP contribution in [0.25, 0.3) is 0 Å². The van der Waals surface area contributed by atoms with Crippen LogP contribution in [0.5, 0.6) is 0 Å². The van der Waals surface area contributed by atoms with Crippen LogP contribution >= 0.6 is 11.3 Å². The molecule has 1 atom stereocenters. The number of carbonyl (C=O) groups is 2. The van der Waals surface area contributed by atoms with Gasteiger partial charge in [-0.1, -0.05) is 20.8 Å². The first-order valence-corrected chi connectivity index (χ1v) is 11.2. The highest BCUT2D eigenvalue weighted by atomic mass is 32.1. The number of fused-ring (bicyclic) bond motifs is 1. The maximum absolute atomic E-state index is 13.2. The number of H-pyrrole nitrogens is 1. The minimum absolute atomic E-state index is 0.00653. The third-order valence-corrected chi connectivity index (χ3v) is 6.99. The van der Waals surface area contributed by atoms with Gasteiger partial charge < -0.3 is 9.88 Å². The third kappa shape index (κ3) is 3.92. The van der Waals surface area contributed by atoms with Gasteiger partial charge in [0.1, 0.15) is 5.56 Å². The van der Waals surface area contributed by atoms with Gasteiger partial charge in [-0.15, -0.1) is 11.3 Å². The van der Waals surface area contributed by atoms with E-state index in [1.807, 2.05) is 13.8 Å². The second-order valence-corrected chi connectivity index (χ2v) is 9.86. The molecule has 2 aromatic heterocycles. The fraction of sp³-hybridized carbons (Fsp3) is 0.545. The van der Waals surface area contributed by atoms with Gasteiger partial charge in [-0.2, -0.15) is 0 Å². The number of thiazole rings is 1. The summed E-state index contributed by atoms with van der Waals surface area (Å²) in [5.41, 5.74) is 1.73. The lowest BCUT2D eigenvalue weighted by Crippen LogP contribution is -2.42. The predicted octanol–water partition coefficient (Wildman–Crippen LogP) is 3.57. The Kier molecular flexibility index (Phi) is 5.19. The monoisotopic (exact) mass is 413 g/mol. The number of aromatic nitrogens is 2. The molecule has 0 saturated carbocycles. The van der Waals surface area contributed by atoms with Gasteiger partial charge in [-0.05, 0) is 37.2 Å². The van der Waals surface area contributed by atoms with Crippen LogP contribution < -0.4 is 5.56 Å². The molecule has 7 heteroatoms. The lowest BCUT2D eigenvalue weighted by molar-refractivity contribution is 0.0705. The van der Waals surface area contributed by atoms with Gasteiger partial charge in [0.05, 0.1) is 10.7 Å². The largest absolute Gasteiger partial charge is 0.338 e. The summed E-state index contributed by atoms with van der Waals surface area (Å²) < 4.78 is 0. The van der Waals surface area contributed by atoms with E-state index in [2.05, 4.69) is 22.3 Å². The fourth-order valence-corrected chi connectivity index (χ4v) is 5.42. The van der Waals surface area contributed by atoms with Crippen molar-refractivity contribution in [1.29, 1.82) is 0 Å². The number of pyridine rings is 1. The maximum Gasteiger partial charge on any atom is 0.261 e. The Bertz CT molecular complexity index is 1020. The van der Waals surface area contributed by atoms with E-state index in [0.717, 1.165) is 30.0 Å². The van der Waals surface area contributed by atoms with Gasteiger partial charge in [0.25, 0.3) is 11.5 Å². The van der Waals surface area contributed by atoms with Gasteiger partial charge in [0, 0.05) is 42.1 Å². The normalized spacial score (nSPS) is 21.1. The smallest absolute Gasteiger partial charge is 0.261 e. The summed E-state index contributed by atoms with van der Waals surface area (Å²) in [6.45, 7) is 7.30. The van der Waals surface area contributed by atoms with Crippen LogP contribution in [-0.2, 0) is 12.8 Å². The zero-order valence-corrected chi connectivity index (χ0v) is 18.0. The Labute approximate surface area is 174 Å². The Morgan fingerprint density at radius 1 is 1.34 bits per heavy atom. The molecule has 154 valence electrons. The second-order valence-electron chi connectivity index (χ2n) is 8.97. The summed E-state index contributed by atoms with van der Waals surface area (Å²) in [5.74, 6) is -0.0891. The number of carbonyl (C=O) groups excluding carboxylic acids is 2. The number of ketones is 1. The molecule has 1 amide bonds. The van der Waals surface area contributed by atoms with Crippen molar-refractivity contribution in [2.75, 3.05) is 13.1 Å². The van der Waals surface area contributed by atoms with Crippen LogP contribution in [0.1, 0.15) is 83.1 Å². The molecule has 1 aliphatic carbocycles. The Morgan fingerprint density at radius 3 is 2.86 bits per heavy atom. The lowest BCUT2D eigenvalue weighted by Gasteiger charge is -2.32.